The second-order valence-corrected chi connectivity index (χ2v) is 4.88. The van der Waals surface area contributed by atoms with Gasteiger partial charge in [0.2, 0.25) is 0 Å². The molecule has 0 spiro atoms. The average molecular weight is 250 g/mol. The number of carbonyl (C=O) groups excluding carboxylic acids is 1. The summed E-state index contributed by atoms with van der Waals surface area (Å²) in [7, 11) is 0. The highest BCUT2D eigenvalue weighted by atomic mass is 16.3. The molecule has 0 aliphatic carbocycles. The highest BCUT2D eigenvalue weighted by molar-refractivity contribution is 5.99. The minimum Gasteiger partial charge on any atom is -0.505 e. The standard InChI is InChI=1S/C13H18N2O3/c1-2-6-13(18)7-15(8-13)12(17)9-4-3-5-10(14)11(9)16/h3-5,16,18H,2,6-8,14H2,1H3. The molecule has 0 atom stereocenters. The Balaban J connectivity index is 2.08. The summed E-state index contributed by atoms with van der Waals surface area (Å²) in [6.07, 6.45) is 1.56. The van der Waals surface area contributed by atoms with Gasteiger partial charge >= 0.3 is 0 Å². The number of amides is 1. The fraction of sp³-hybridized carbons (Fsp3) is 0.462. The lowest BCUT2D eigenvalue weighted by Crippen LogP contribution is -2.63. The lowest BCUT2D eigenvalue weighted by Gasteiger charge is -2.46. The van der Waals surface area contributed by atoms with E-state index in [1.54, 1.807) is 6.07 Å². The first kappa shape index (κ1) is 12.7. The number of anilines is 1. The van der Waals surface area contributed by atoms with Crippen molar-refractivity contribution < 1.29 is 15.0 Å². The van der Waals surface area contributed by atoms with E-state index >= 15 is 0 Å². The van der Waals surface area contributed by atoms with Gasteiger partial charge in [0, 0.05) is 0 Å². The molecule has 18 heavy (non-hydrogen) atoms. The molecule has 1 fully saturated rings. The first-order chi connectivity index (χ1) is 8.47. The van der Waals surface area contributed by atoms with Crippen LogP contribution in [0.25, 0.3) is 0 Å². The minimum atomic E-state index is -0.764. The maximum Gasteiger partial charge on any atom is 0.257 e. The zero-order valence-corrected chi connectivity index (χ0v) is 10.4. The van der Waals surface area contributed by atoms with E-state index in [9.17, 15) is 15.0 Å². The number of β-amino-alcohol motifs (C(OH)–C–C–N with tert-alkyl or cyclic N) is 1. The van der Waals surface area contributed by atoms with Crippen molar-refractivity contribution in [3.63, 3.8) is 0 Å². The van der Waals surface area contributed by atoms with Crippen molar-refractivity contribution >= 4 is 11.6 Å². The van der Waals surface area contributed by atoms with Gasteiger partial charge in [-0.3, -0.25) is 4.79 Å². The molecular formula is C13H18N2O3. The zero-order chi connectivity index (χ0) is 13.3. The maximum atomic E-state index is 12.1. The van der Waals surface area contributed by atoms with Crippen LogP contribution in [0.2, 0.25) is 0 Å². The number of benzene rings is 1. The second-order valence-electron chi connectivity index (χ2n) is 4.88. The lowest BCUT2D eigenvalue weighted by atomic mass is 9.88. The third-order valence-corrected chi connectivity index (χ3v) is 3.27. The molecule has 5 heteroatoms. The molecular weight excluding hydrogens is 232 g/mol. The molecule has 1 aromatic rings. The van der Waals surface area contributed by atoms with Crippen molar-refractivity contribution in [3.05, 3.63) is 23.8 Å². The minimum absolute atomic E-state index is 0.185. The van der Waals surface area contributed by atoms with Gasteiger partial charge in [-0.05, 0) is 18.6 Å². The van der Waals surface area contributed by atoms with Gasteiger partial charge < -0.3 is 20.8 Å². The molecule has 1 aliphatic heterocycles. The number of phenolic OH excluding ortho intramolecular Hbond substituents is 1. The Morgan fingerprint density at radius 2 is 2.17 bits per heavy atom. The van der Waals surface area contributed by atoms with E-state index < -0.39 is 5.60 Å². The number of carbonyl (C=O) groups is 1. The number of rotatable bonds is 3. The number of hydrogen-bond donors (Lipinski definition) is 3. The molecule has 98 valence electrons. The fourth-order valence-electron chi connectivity index (χ4n) is 2.34. The van der Waals surface area contributed by atoms with Gasteiger partial charge in [-0.2, -0.15) is 0 Å². The van der Waals surface area contributed by atoms with Crippen LogP contribution in [-0.4, -0.2) is 39.7 Å². The first-order valence-corrected chi connectivity index (χ1v) is 6.06. The number of aromatic hydroxyl groups is 1. The van der Waals surface area contributed by atoms with Gasteiger partial charge in [0.1, 0.15) is 0 Å². The topological polar surface area (TPSA) is 86.8 Å². The fourth-order valence-corrected chi connectivity index (χ4v) is 2.34. The van der Waals surface area contributed by atoms with Crippen LogP contribution in [0, 0.1) is 0 Å². The Bertz CT molecular complexity index is 467. The number of nitrogen functional groups attached to an aromatic ring is 1. The molecule has 2 rings (SSSR count). The maximum absolute atomic E-state index is 12.1. The van der Waals surface area contributed by atoms with Crippen LogP contribution in [0.15, 0.2) is 18.2 Å². The SMILES string of the molecule is CCCC1(O)CN(C(=O)c2cccc(N)c2O)C1. The second kappa shape index (κ2) is 4.49. The number of para-hydroxylation sites is 1. The quantitative estimate of drug-likeness (QED) is 0.551. The first-order valence-electron chi connectivity index (χ1n) is 6.06. The smallest absolute Gasteiger partial charge is 0.257 e. The van der Waals surface area contributed by atoms with Crippen molar-refractivity contribution in [2.45, 2.75) is 25.4 Å². The van der Waals surface area contributed by atoms with Crippen molar-refractivity contribution in [3.8, 4) is 5.75 Å². The van der Waals surface area contributed by atoms with Gasteiger partial charge in [-0.1, -0.05) is 19.4 Å². The molecule has 1 aliphatic rings. The third kappa shape index (κ3) is 2.13. The highest BCUT2D eigenvalue weighted by Gasteiger charge is 2.43. The molecule has 0 bridgehead atoms. The van der Waals surface area contributed by atoms with Crippen LogP contribution in [0.1, 0.15) is 30.1 Å². The van der Waals surface area contributed by atoms with Gasteiger partial charge in [0.25, 0.3) is 5.91 Å². The monoisotopic (exact) mass is 250 g/mol. The highest BCUT2D eigenvalue weighted by Crippen LogP contribution is 2.31. The Kier molecular flexibility index (Phi) is 3.17. The van der Waals surface area contributed by atoms with Crippen molar-refractivity contribution in [1.29, 1.82) is 0 Å². The number of phenols is 1. The summed E-state index contributed by atoms with van der Waals surface area (Å²) < 4.78 is 0. The third-order valence-electron chi connectivity index (χ3n) is 3.27. The van der Waals surface area contributed by atoms with Crippen molar-refractivity contribution in [2.75, 3.05) is 18.8 Å². The van der Waals surface area contributed by atoms with Crippen LogP contribution in [0.5, 0.6) is 5.75 Å². The number of hydrogen-bond acceptors (Lipinski definition) is 4. The summed E-state index contributed by atoms with van der Waals surface area (Å²) in [4.78, 5) is 13.6. The van der Waals surface area contributed by atoms with Gasteiger partial charge in [-0.15, -0.1) is 0 Å². The predicted octanol–water partition coefficient (Wildman–Crippen LogP) is 0.961. The Labute approximate surface area is 106 Å². The molecule has 0 saturated carbocycles. The van der Waals surface area contributed by atoms with Crippen LogP contribution >= 0.6 is 0 Å². The molecule has 0 aromatic heterocycles. The van der Waals surface area contributed by atoms with Crippen LogP contribution in [0.3, 0.4) is 0 Å². The van der Waals surface area contributed by atoms with E-state index in [1.807, 2.05) is 6.92 Å². The van der Waals surface area contributed by atoms with Crippen LogP contribution in [0.4, 0.5) is 5.69 Å². The summed E-state index contributed by atoms with van der Waals surface area (Å²) >= 11 is 0. The van der Waals surface area contributed by atoms with Gasteiger partial charge in [0.15, 0.2) is 5.75 Å². The van der Waals surface area contributed by atoms with Crippen molar-refractivity contribution in [2.24, 2.45) is 0 Å². The van der Waals surface area contributed by atoms with Crippen LogP contribution in [-0.2, 0) is 0 Å². The Morgan fingerprint density at radius 1 is 1.50 bits per heavy atom. The normalized spacial score (nSPS) is 17.3. The van der Waals surface area contributed by atoms with E-state index in [0.717, 1.165) is 6.42 Å². The van der Waals surface area contributed by atoms with E-state index in [4.69, 9.17) is 5.73 Å². The Morgan fingerprint density at radius 3 is 2.78 bits per heavy atom. The molecule has 4 N–H and O–H groups in total. The van der Waals surface area contributed by atoms with E-state index in [0.29, 0.717) is 19.5 Å². The van der Waals surface area contributed by atoms with Gasteiger partial charge in [-0.25, -0.2) is 0 Å². The zero-order valence-electron chi connectivity index (χ0n) is 10.4. The predicted molar refractivity (Wildman–Crippen MR) is 68.3 cm³/mol. The van der Waals surface area contributed by atoms with E-state index in [-0.39, 0.29) is 22.9 Å². The molecule has 1 aromatic carbocycles. The number of aliphatic hydroxyl groups is 1. The molecule has 0 unspecified atom stereocenters. The number of likely N-dealkylation sites (tertiary alicyclic amines) is 1. The lowest BCUT2D eigenvalue weighted by molar-refractivity contribution is -0.0860. The molecule has 1 amide bonds. The van der Waals surface area contributed by atoms with E-state index in [1.165, 1.54) is 17.0 Å². The number of nitrogens with two attached hydrogens (primary N) is 1. The van der Waals surface area contributed by atoms with Crippen molar-refractivity contribution in [1.82, 2.24) is 4.90 Å². The van der Waals surface area contributed by atoms with Crippen LogP contribution < -0.4 is 5.73 Å². The largest absolute Gasteiger partial charge is 0.505 e. The molecule has 0 radical (unpaired) electrons. The summed E-state index contributed by atoms with van der Waals surface area (Å²) in [5, 5.41) is 19.8. The molecule has 1 heterocycles. The van der Waals surface area contributed by atoms with Gasteiger partial charge in [0.05, 0.1) is 29.9 Å². The summed E-state index contributed by atoms with van der Waals surface area (Å²) in [6.45, 7) is 2.62. The summed E-state index contributed by atoms with van der Waals surface area (Å²) in [5.74, 6) is -0.478. The molecule has 5 nitrogen and oxygen atoms in total. The summed E-state index contributed by atoms with van der Waals surface area (Å²) in [5.41, 5.74) is 5.16. The average Bonchev–Trinajstić information content (AvgIpc) is 2.29. The van der Waals surface area contributed by atoms with E-state index in [2.05, 4.69) is 0 Å². The molecule has 1 saturated heterocycles. The summed E-state index contributed by atoms with van der Waals surface area (Å²) in [6, 6.07) is 4.70. The number of nitrogens with zero attached hydrogens (tertiary/aromatic N) is 1. The Hall–Kier alpha value is -1.75.